The molecule has 5 saturated carbocycles. The molecule has 7 aliphatic carbocycles. The molecule has 0 aliphatic heterocycles. The van der Waals surface area contributed by atoms with Gasteiger partial charge in [0.05, 0.1) is 5.41 Å². The van der Waals surface area contributed by atoms with Crippen molar-refractivity contribution < 1.29 is 19.4 Å². The Balaban J connectivity index is 0.00000357. The van der Waals surface area contributed by atoms with Crippen LogP contribution >= 0.6 is 0 Å². The Kier molecular flexibility index (Phi) is 8.13. The zero-order valence-electron chi connectivity index (χ0n) is 29.0. The number of carboxylic acids is 1. The standard InChI is InChI=1S/C40H60O4.CH4/c1-22(2)24-12-14-29-35-27(20-31-38(29,6)16-10-18-40(31,8)44-21-41)33-25(23(3)4)11-13-28-34(33)26(32(24)35)19-30-37(28,5)15-9-17-39(30,7)36(42)43;/h21-23,26-31,34-35H,9-20H2,1-8H3,(H,42,43);1H4. The minimum atomic E-state index is -0.634. The average Bonchev–Trinajstić information content (AvgIpc) is 2.96. The van der Waals surface area contributed by atoms with Crippen LogP contribution in [-0.4, -0.2) is 23.1 Å². The van der Waals surface area contributed by atoms with E-state index >= 15 is 0 Å². The first-order chi connectivity index (χ1) is 20.7. The molecule has 45 heavy (non-hydrogen) atoms. The maximum absolute atomic E-state index is 13.1. The Labute approximate surface area is 274 Å². The molecule has 0 heterocycles. The fourth-order valence-corrected chi connectivity index (χ4v) is 14.5. The van der Waals surface area contributed by atoms with E-state index in [2.05, 4.69) is 55.4 Å². The van der Waals surface area contributed by atoms with E-state index < -0.39 is 11.4 Å². The fourth-order valence-electron chi connectivity index (χ4n) is 14.5. The van der Waals surface area contributed by atoms with Crippen LogP contribution in [0.25, 0.3) is 0 Å². The van der Waals surface area contributed by atoms with E-state index in [1.54, 1.807) is 11.1 Å². The van der Waals surface area contributed by atoms with E-state index in [0.29, 0.717) is 53.3 Å². The quantitative estimate of drug-likeness (QED) is 0.245. The first kappa shape index (κ1) is 33.3. The van der Waals surface area contributed by atoms with Crippen LogP contribution in [0.2, 0.25) is 0 Å². The molecule has 7 rings (SSSR count). The Morgan fingerprint density at radius 2 is 1.24 bits per heavy atom. The highest BCUT2D eigenvalue weighted by molar-refractivity contribution is 5.75. The van der Waals surface area contributed by atoms with Crippen LogP contribution in [0.4, 0.5) is 0 Å². The van der Waals surface area contributed by atoms with Crippen molar-refractivity contribution in [2.75, 3.05) is 0 Å². The number of carbonyl (C=O) groups excluding carboxylic acids is 1. The molecule has 12 atom stereocenters. The summed E-state index contributed by atoms with van der Waals surface area (Å²) in [6, 6.07) is 0. The van der Waals surface area contributed by atoms with E-state index in [1.165, 1.54) is 38.5 Å². The van der Waals surface area contributed by atoms with Gasteiger partial charge in [0, 0.05) is 5.92 Å². The number of allylic oxidation sites excluding steroid dienone is 4. The van der Waals surface area contributed by atoms with E-state index in [1.807, 2.05) is 11.1 Å². The van der Waals surface area contributed by atoms with E-state index in [-0.39, 0.29) is 29.8 Å². The number of rotatable bonds is 5. The first-order valence-electron chi connectivity index (χ1n) is 18.5. The summed E-state index contributed by atoms with van der Waals surface area (Å²) in [6.45, 7) is 20.0. The molecule has 0 aromatic carbocycles. The van der Waals surface area contributed by atoms with Crippen molar-refractivity contribution in [1.29, 1.82) is 0 Å². The smallest absolute Gasteiger partial charge is 0.309 e. The highest BCUT2D eigenvalue weighted by Gasteiger charge is 2.69. The zero-order valence-corrected chi connectivity index (χ0v) is 29.0. The summed E-state index contributed by atoms with van der Waals surface area (Å²) in [5, 5.41) is 10.8. The van der Waals surface area contributed by atoms with E-state index in [0.717, 1.165) is 45.0 Å². The number of hydrogen-bond acceptors (Lipinski definition) is 3. The van der Waals surface area contributed by atoms with Gasteiger partial charge in [-0.25, -0.2) is 0 Å². The minimum Gasteiger partial charge on any atom is -0.481 e. The summed E-state index contributed by atoms with van der Waals surface area (Å²) < 4.78 is 6.13. The summed E-state index contributed by atoms with van der Waals surface area (Å²) in [7, 11) is 0. The third-order valence-corrected chi connectivity index (χ3v) is 16.2. The van der Waals surface area contributed by atoms with Gasteiger partial charge in [0.25, 0.3) is 6.47 Å². The van der Waals surface area contributed by atoms with Gasteiger partial charge in [-0.1, -0.05) is 77.7 Å². The van der Waals surface area contributed by atoms with E-state index in [9.17, 15) is 14.7 Å². The Hall–Kier alpha value is -1.58. The number of carboxylic acid groups (broad SMARTS) is 1. The number of fused-ring (bicyclic) bond motifs is 6. The second kappa shape index (κ2) is 11.0. The van der Waals surface area contributed by atoms with Gasteiger partial charge in [-0.05, 0) is 149 Å². The lowest BCUT2D eigenvalue weighted by molar-refractivity contribution is -0.195. The molecule has 1 N–H and O–H groups in total. The van der Waals surface area contributed by atoms with Crippen molar-refractivity contribution in [3.8, 4) is 0 Å². The second-order valence-corrected chi connectivity index (χ2v) is 18.4. The van der Waals surface area contributed by atoms with Gasteiger partial charge in [0.15, 0.2) is 0 Å². The molecule has 4 nitrogen and oxygen atoms in total. The lowest BCUT2D eigenvalue weighted by Gasteiger charge is -2.70. The number of hydrogen-bond donors (Lipinski definition) is 1. The summed E-state index contributed by atoms with van der Waals surface area (Å²) in [4.78, 5) is 25.1. The van der Waals surface area contributed by atoms with Crippen LogP contribution in [-0.2, 0) is 14.3 Å². The molecule has 0 amide bonds. The average molecular weight is 621 g/mol. The molecule has 0 aromatic heterocycles. The maximum atomic E-state index is 13.1. The molecule has 0 radical (unpaired) electrons. The van der Waals surface area contributed by atoms with Crippen LogP contribution < -0.4 is 0 Å². The second-order valence-electron chi connectivity index (χ2n) is 18.4. The highest BCUT2D eigenvalue weighted by atomic mass is 16.5. The highest BCUT2D eigenvalue weighted by Crippen LogP contribution is 2.75. The predicted molar refractivity (Wildman–Crippen MR) is 181 cm³/mol. The molecule has 0 spiro atoms. The molecule has 5 fully saturated rings. The fraction of sp³-hybridized carbons (Fsp3) is 0.854. The van der Waals surface area contributed by atoms with Crippen molar-refractivity contribution in [2.24, 2.45) is 75.4 Å². The maximum Gasteiger partial charge on any atom is 0.309 e. The number of ether oxygens (including phenoxy) is 1. The lowest BCUT2D eigenvalue weighted by atomic mass is 9.34. The van der Waals surface area contributed by atoms with Gasteiger partial charge in [-0.15, -0.1) is 0 Å². The van der Waals surface area contributed by atoms with Crippen molar-refractivity contribution in [3.05, 3.63) is 22.3 Å². The molecule has 0 aromatic rings. The Morgan fingerprint density at radius 3 is 1.71 bits per heavy atom. The van der Waals surface area contributed by atoms with Crippen LogP contribution in [0.5, 0.6) is 0 Å². The summed E-state index contributed by atoms with van der Waals surface area (Å²) >= 11 is 0. The summed E-state index contributed by atoms with van der Waals surface area (Å²) in [5.74, 6) is 4.44. The number of carbonyl (C=O) groups is 2. The van der Waals surface area contributed by atoms with Crippen molar-refractivity contribution in [1.82, 2.24) is 0 Å². The Morgan fingerprint density at radius 1 is 0.778 bits per heavy atom. The van der Waals surface area contributed by atoms with Crippen LogP contribution in [0.1, 0.15) is 140 Å². The van der Waals surface area contributed by atoms with Crippen LogP contribution in [0, 0.1) is 75.4 Å². The summed E-state index contributed by atoms with van der Waals surface area (Å²) in [6.07, 6.45) is 13.4. The normalized spacial score (nSPS) is 48.5. The molecule has 0 bridgehead atoms. The lowest BCUT2D eigenvalue weighted by Crippen LogP contribution is -2.65. The molecular weight excluding hydrogens is 556 g/mol. The van der Waals surface area contributed by atoms with Gasteiger partial charge < -0.3 is 9.84 Å². The third kappa shape index (κ3) is 4.34. The Bertz CT molecular complexity index is 1290. The minimum absolute atomic E-state index is 0. The molecule has 252 valence electrons. The topological polar surface area (TPSA) is 63.6 Å². The molecule has 12 unspecified atom stereocenters. The van der Waals surface area contributed by atoms with Crippen LogP contribution in [0.15, 0.2) is 22.3 Å². The first-order valence-corrected chi connectivity index (χ1v) is 18.5. The van der Waals surface area contributed by atoms with Gasteiger partial charge >= 0.3 is 5.97 Å². The van der Waals surface area contributed by atoms with Gasteiger partial charge in [0.1, 0.15) is 5.60 Å². The molecule has 7 aliphatic rings. The predicted octanol–water partition coefficient (Wildman–Crippen LogP) is 10.3. The summed E-state index contributed by atoms with van der Waals surface area (Å²) in [5.41, 5.74) is 6.33. The largest absolute Gasteiger partial charge is 0.481 e. The van der Waals surface area contributed by atoms with Gasteiger partial charge in [-0.2, -0.15) is 0 Å². The van der Waals surface area contributed by atoms with Gasteiger partial charge in [-0.3, -0.25) is 9.59 Å². The zero-order chi connectivity index (χ0) is 31.6. The SMILES string of the molecule is C.CC(C)C1=C2C3CC4C(C)(C(=O)O)CCCC4(C)C4CCC(C(C)C)=C(C5CC6C(C)(OC=O)CCCC6(C)C(CC1)C25)C34. The third-order valence-electron chi connectivity index (χ3n) is 16.2. The monoisotopic (exact) mass is 620 g/mol. The van der Waals surface area contributed by atoms with Crippen molar-refractivity contribution in [3.63, 3.8) is 0 Å². The van der Waals surface area contributed by atoms with Crippen molar-refractivity contribution in [2.45, 2.75) is 145 Å². The van der Waals surface area contributed by atoms with Crippen LogP contribution in [0.3, 0.4) is 0 Å². The van der Waals surface area contributed by atoms with E-state index in [4.69, 9.17) is 4.74 Å². The molecular formula is C41H64O4. The number of aliphatic carboxylic acids is 1. The molecule has 0 saturated heterocycles. The van der Waals surface area contributed by atoms with Gasteiger partial charge in [0.2, 0.25) is 0 Å². The van der Waals surface area contributed by atoms with Crippen molar-refractivity contribution >= 4 is 12.4 Å². The molecule has 4 heteroatoms.